The minimum Gasteiger partial charge on any atom is -0.486 e. The summed E-state index contributed by atoms with van der Waals surface area (Å²) in [5.41, 5.74) is 1.76. The molecule has 0 spiro atoms. The lowest BCUT2D eigenvalue weighted by Gasteiger charge is -2.41. The Morgan fingerprint density at radius 3 is 2.47 bits per heavy atom. The third kappa shape index (κ3) is 4.70. The summed E-state index contributed by atoms with van der Waals surface area (Å²) in [5.74, 6) is 2.32. The van der Waals surface area contributed by atoms with Crippen LogP contribution in [0.1, 0.15) is 17.3 Å². The maximum Gasteiger partial charge on any atom is 0.259 e. The van der Waals surface area contributed by atoms with Gasteiger partial charge in [-0.2, -0.15) is 0 Å². The summed E-state index contributed by atoms with van der Waals surface area (Å²) >= 11 is 0. The van der Waals surface area contributed by atoms with Crippen molar-refractivity contribution < 1.29 is 14.3 Å². The van der Waals surface area contributed by atoms with E-state index in [0.29, 0.717) is 31.1 Å². The van der Waals surface area contributed by atoms with Crippen molar-refractivity contribution in [2.75, 3.05) is 55.7 Å². The second-order valence-corrected chi connectivity index (χ2v) is 8.64. The molecule has 3 aromatic rings. The molecule has 1 fully saturated rings. The van der Waals surface area contributed by atoms with Crippen molar-refractivity contribution >= 4 is 17.4 Å². The van der Waals surface area contributed by atoms with Crippen LogP contribution in [-0.4, -0.2) is 67.8 Å². The van der Waals surface area contributed by atoms with Crippen LogP contribution in [0.5, 0.6) is 11.5 Å². The highest BCUT2D eigenvalue weighted by atomic mass is 16.6. The van der Waals surface area contributed by atoms with Crippen molar-refractivity contribution in [2.24, 2.45) is 0 Å². The number of carbonyl (C=O) groups is 1. The number of hydrogen-bond donors (Lipinski definition) is 0. The van der Waals surface area contributed by atoms with Gasteiger partial charge in [0.05, 0.1) is 5.69 Å². The predicted molar refractivity (Wildman–Crippen MR) is 133 cm³/mol. The van der Waals surface area contributed by atoms with Crippen LogP contribution in [0, 0.1) is 0 Å². The molecule has 7 heteroatoms. The number of anilines is 2. The van der Waals surface area contributed by atoms with Crippen LogP contribution in [-0.2, 0) is 0 Å². The Morgan fingerprint density at radius 2 is 1.71 bits per heavy atom. The molecule has 3 heterocycles. The van der Waals surface area contributed by atoms with Gasteiger partial charge < -0.3 is 14.4 Å². The van der Waals surface area contributed by atoms with E-state index in [1.807, 2.05) is 60.7 Å². The van der Waals surface area contributed by atoms with Crippen LogP contribution in [0.15, 0.2) is 72.9 Å². The molecule has 5 rings (SSSR count). The van der Waals surface area contributed by atoms with E-state index < -0.39 is 0 Å². The highest BCUT2D eigenvalue weighted by Crippen LogP contribution is 2.39. The number of nitrogens with zero attached hydrogens (tertiary/aromatic N) is 4. The van der Waals surface area contributed by atoms with E-state index in [2.05, 4.69) is 27.8 Å². The van der Waals surface area contributed by atoms with E-state index >= 15 is 0 Å². The van der Waals surface area contributed by atoms with E-state index in [0.717, 1.165) is 43.4 Å². The Balaban J connectivity index is 1.27. The smallest absolute Gasteiger partial charge is 0.259 e. The molecule has 0 aliphatic carbocycles. The Bertz CT molecular complexity index is 1100. The highest BCUT2D eigenvalue weighted by molar-refractivity contribution is 6.05. The largest absolute Gasteiger partial charge is 0.486 e. The number of carbonyl (C=O) groups excluding carboxylic acids is 1. The summed E-state index contributed by atoms with van der Waals surface area (Å²) in [5, 5.41) is 0. The number of aromatic nitrogens is 1. The number of rotatable bonds is 6. The molecule has 1 amide bonds. The first kappa shape index (κ1) is 22.2. The fraction of sp³-hybridized carbons (Fsp3) is 0.333. The van der Waals surface area contributed by atoms with E-state index in [9.17, 15) is 4.79 Å². The summed E-state index contributed by atoms with van der Waals surface area (Å²) in [6, 6.07) is 21.4. The number of piperazine rings is 1. The van der Waals surface area contributed by atoms with Crippen LogP contribution in [0.25, 0.3) is 0 Å². The molecular weight excluding hydrogens is 428 g/mol. The summed E-state index contributed by atoms with van der Waals surface area (Å²) in [7, 11) is 0. The van der Waals surface area contributed by atoms with Gasteiger partial charge in [-0.05, 0) is 43.3 Å². The maximum atomic E-state index is 13.4. The Kier molecular flexibility index (Phi) is 6.62. The minimum absolute atomic E-state index is 0.0298. The molecule has 1 saturated heterocycles. The Labute approximate surface area is 200 Å². The van der Waals surface area contributed by atoms with E-state index in [1.54, 1.807) is 11.1 Å². The number of para-hydroxylation sites is 1. The lowest BCUT2D eigenvalue weighted by atomic mass is 10.1. The van der Waals surface area contributed by atoms with Gasteiger partial charge in [-0.3, -0.25) is 14.6 Å². The molecular formula is C27H30N4O3. The van der Waals surface area contributed by atoms with Gasteiger partial charge in [0, 0.05) is 50.5 Å². The fourth-order valence-electron chi connectivity index (χ4n) is 4.62. The van der Waals surface area contributed by atoms with Gasteiger partial charge in [0.1, 0.15) is 19.0 Å². The molecule has 0 unspecified atom stereocenters. The van der Waals surface area contributed by atoms with Crippen LogP contribution < -0.4 is 19.3 Å². The summed E-state index contributed by atoms with van der Waals surface area (Å²) in [6.45, 7) is 7.52. The van der Waals surface area contributed by atoms with Crippen molar-refractivity contribution in [1.29, 1.82) is 0 Å². The molecule has 34 heavy (non-hydrogen) atoms. The Hall–Kier alpha value is -3.58. The molecule has 7 nitrogen and oxygen atoms in total. The van der Waals surface area contributed by atoms with Crippen LogP contribution in [0.3, 0.4) is 0 Å². The summed E-state index contributed by atoms with van der Waals surface area (Å²) in [6.07, 6.45) is 1.73. The molecule has 1 atom stereocenters. The molecule has 0 saturated carbocycles. The second kappa shape index (κ2) is 10.1. The van der Waals surface area contributed by atoms with Gasteiger partial charge in [-0.1, -0.05) is 30.3 Å². The normalized spacial score (nSPS) is 16.7. The van der Waals surface area contributed by atoms with Crippen molar-refractivity contribution in [3.8, 4) is 11.5 Å². The van der Waals surface area contributed by atoms with Crippen LogP contribution >= 0.6 is 0 Å². The average Bonchev–Trinajstić information content (AvgIpc) is 2.92. The molecule has 2 aromatic carbocycles. The molecule has 0 bridgehead atoms. The third-order valence-corrected chi connectivity index (χ3v) is 6.46. The number of hydrogen-bond acceptors (Lipinski definition) is 6. The van der Waals surface area contributed by atoms with Crippen molar-refractivity contribution in [2.45, 2.75) is 13.0 Å². The van der Waals surface area contributed by atoms with Crippen LogP contribution in [0.2, 0.25) is 0 Å². The Morgan fingerprint density at radius 1 is 0.941 bits per heavy atom. The number of ether oxygens (including phenoxy) is 2. The third-order valence-electron chi connectivity index (χ3n) is 6.46. The first-order valence-electron chi connectivity index (χ1n) is 11.9. The second-order valence-electron chi connectivity index (χ2n) is 8.64. The zero-order valence-electron chi connectivity index (χ0n) is 19.5. The zero-order valence-corrected chi connectivity index (χ0v) is 19.5. The van der Waals surface area contributed by atoms with Gasteiger partial charge in [0.15, 0.2) is 11.5 Å². The molecule has 0 N–H and O–H groups in total. The summed E-state index contributed by atoms with van der Waals surface area (Å²) in [4.78, 5) is 24.4. The topological polar surface area (TPSA) is 58.1 Å². The predicted octanol–water partition coefficient (Wildman–Crippen LogP) is 3.71. The quantitative estimate of drug-likeness (QED) is 0.561. The lowest BCUT2D eigenvalue weighted by molar-refractivity contribution is 0.0973. The first-order chi connectivity index (χ1) is 16.7. The number of benzene rings is 2. The molecule has 1 aromatic heterocycles. The molecule has 2 aliphatic rings. The van der Waals surface area contributed by atoms with Crippen LogP contribution in [0.4, 0.5) is 11.5 Å². The monoisotopic (exact) mass is 458 g/mol. The van der Waals surface area contributed by atoms with Crippen molar-refractivity contribution in [3.05, 3.63) is 78.5 Å². The van der Waals surface area contributed by atoms with E-state index in [4.69, 9.17) is 9.47 Å². The van der Waals surface area contributed by atoms with Gasteiger partial charge in [-0.15, -0.1) is 0 Å². The number of fused-ring (bicyclic) bond motifs is 1. The summed E-state index contributed by atoms with van der Waals surface area (Å²) < 4.78 is 11.7. The SMILES string of the molecule is C[C@H](CN(C(=O)c1ccccc1)c1ccccn1)N1CCN(c2cccc3c2OCCO3)CC1. The first-order valence-corrected chi connectivity index (χ1v) is 11.9. The average molecular weight is 459 g/mol. The van der Waals surface area contributed by atoms with Gasteiger partial charge >= 0.3 is 0 Å². The standard InChI is InChI=1S/C27H30N4O3/c1-21(20-31(25-12-5-6-13-28-25)27(32)22-8-3-2-4-9-22)29-14-16-30(17-15-29)23-10-7-11-24-26(23)34-19-18-33-24/h2-13,21H,14-20H2,1H3/t21-/m1/s1. The van der Waals surface area contributed by atoms with Gasteiger partial charge in [-0.25, -0.2) is 4.98 Å². The van der Waals surface area contributed by atoms with Crippen molar-refractivity contribution in [1.82, 2.24) is 9.88 Å². The minimum atomic E-state index is -0.0298. The highest BCUT2D eigenvalue weighted by Gasteiger charge is 2.28. The molecule has 176 valence electrons. The van der Waals surface area contributed by atoms with E-state index in [-0.39, 0.29) is 11.9 Å². The van der Waals surface area contributed by atoms with Gasteiger partial charge in [0.2, 0.25) is 0 Å². The fourth-order valence-corrected chi connectivity index (χ4v) is 4.62. The van der Waals surface area contributed by atoms with Gasteiger partial charge in [0.25, 0.3) is 5.91 Å². The number of amides is 1. The number of pyridine rings is 1. The maximum absolute atomic E-state index is 13.4. The van der Waals surface area contributed by atoms with E-state index in [1.165, 1.54) is 0 Å². The lowest BCUT2D eigenvalue weighted by Crippen LogP contribution is -2.53. The molecule has 0 radical (unpaired) electrons. The zero-order chi connectivity index (χ0) is 23.3. The van der Waals surface area contributed by atoms with Crippen molar-refractivity contribution in [3.63, 3.8) is 0 Å². The molecule has 2 aliphatic heterocycles.